The second-order valence-corrected chi connectivity index (χ2v) is 7.19. The molecule has 1 aliphatic rings. The lowest BCUT2D eigenvalue weighted by atomic mass is 10.2. The number of halogens is 3. The topological polar surface area (TPSA) is 20.3 Å². The molecule has 0 atom stereocenters. The number of hydrogen-bond acceptors (Lipinski definition) is 3. The molecule has 7 heteroatoms. The maximum absolute atomic E-state index is 13.3. The number of amides is 1. The minimum atomic E-state index is -0.544. The SMILES string of the molecule is O=C1/C(=C\c2ccc(Cl)cc2)SC(=S)N1c1ccc(F)c(Cl)c1. The van der Waals surface area contributed by atoms with E-state index in [9.17, 15) is 9.18 Å². The first-order valence-corrected chi connectivity index (χ1v) is 8.42. The zero-order chi connectivity index (χ0) is 16.6. The second-order valence-electron chi connectivity index (χ2n) is 4.67. The van der Waals surface area contributed by atoms with Gasteiger partial charge < -0.3 is 0 Å². The zero-order valence-electron chi connectivity index (χ0n) is 11.4. The van der Waals surface area contributed by atoms with Crippen molar-refractivity contribution in [3.63, 3.8) is 0 Å². The third-order valence-corrected chi connectivity index (χ3v) is 4.97. The minimum Gasteiger partial charge on any atom is -0.268 e. The Kier molecular flexibility index (Phi) is 4.73. The molecule has 1 aliphatic heterocycles. The Morgan fingerprint density at radius 2 is 1.83 bits per heavy atom. The molecule has 0 aromatic heterocycles. The maximum atomic E-state index is 13.3. The van der Waals surface area contributed by atoms with E-state index in [4.69, 9.17) is 35.4 Å². The van der Waals surface area contributed by atoms with Crippen molar-refractivity contribution in [1.29, 1.82) is 0 Å². The fraction of sp³-hybridized carbons (Fsp3) is 0. The number of thioether (sulfide) groups is 1. The van der Waals surface area contributed by atoms with E-state index in [2.05, 4.69) is 0 Å². The number of carbonyl (C=O) groups is 1. The lowest BCUT2D eigenvalue weighted by Crippen LogP contribution is -2.27. The van der Waals surface area contributed by atoms with E-state index < -0.39 is 5.82 Å². The van der Waals surface area contributed by atoms with Crippen molar-refractivity contribution in [2.24, 2.45) is 0 Å². The number of nitrogens with zero attached hydrogens (tertiary/aromatic N) is 1. The van der Waals surface area contributed by atoms with Crippen LogP contribution in [-0.4, -0.2) is 10.2 Å². The van der Waals surface area contributed by atoms with Gasteiger partial charge in [0.2, 0.25) is 0 Å². The molecule has 0 radical (unpaired) electrons. The first kappa shape index (κ1) is 16.5. The highest BCUT2D eigenvalue weighted by Gasteiger charge is 2.33. The molecule has 1 saturated heterocycles. The molecular weight excluding hydrogens is 376 g/mol. The van der Waals surface area contributed by atoms with Gasteiger partial charge in [0, 0.05) is 5.02 Å². The van der Waals surface area contributed by atoms with Crippen LogP contribution in [0, 0.1) is 5.82 Å². The van der Waals surface area contributed by atoms with Crippen molar-refractivity contribution >= 4 is 69.2 Å². The monoisotopic (exact) mass is 383 g/mol. The summed E-state index contributed by atoms with van der Waals surface area (Å²) in [4.78, 5) is 14.4. The van der Waals surface area contributed by atoms with Gasteiger partial charge in [-0.15, -0.1) is 0 Å². The van der Waals surface area contributed by atoms with E-state index in [1.54, 1.807) is 18.2 Å². The Morgan fingerprint density at radius 3 is 2.48 bits per heavy atom. The molecule has 0 saturated carbocycles. The Hall–Kier alpha value is -1.40. The van der Waals surface area contributed by atoms with Crippen molar-refractivity contribution < 1.29 is 9.18 Å². The summed E-state index contributed by atoms with van der Waals surface area (Å²) in [5.74, 6) is -0.810. The Morgan fingerprint density at radius 1 is 1.13 bits per heavy atom. The van der Waals surface area contributed by atoms with E-state index in [-0.39, 0.29) is 10.9 Å². The molecule has 1 heterocycles. The van der Waals surface area contributed by atoms with Crippen LogP contribution in [0.1, 0.15) is 5.56 Å². The molecule has 1 amide bonds. The summed E-state index contributed by atoms with van der Waals surface area (Å²) in [5.41, 5.74) is 1.28. The van der Waals surface area contributed by atoms with Crippen molar-refractivity contribution in [2.75, 3.05) is 4.90 Å². The fourth-order valence-corrected chi connectivity index (χ4v) is 3.62. The van der Waals surface area contributed by atoms with Crippen LogP contribution in [0.2, 0.25) is 10.0 Å². The predicted octanol–water partition coefficient (Wildman–Crippen LogP) is 5.54. The summed E-state index contributed by atoms with van der Waals surface area (Å²) in [7, 11) is 0. The van der Waals surface area contributed by atoms with E-state index >= 15 is 0 Å². The van der Waals surface area contributed by atoms with Crippen LogP contribution >= 0.6 is 47.2 Å². The van der Waals surface area contributed by atoms with Crippen LogP contribution < -0.4 is 4.90 Å². The van der Waals surface area contributed by atoms with E-state index in [1.807, 2.05) is 12.1 Å². The first-order valence-electron chi connectivity index (χ1n) is 6.44. The Balaban J connectivity index is 1.93. The van der Waals surface area contributed by atoms with Gasteiger partial charge in [0.05, 0.1) is 15.6 Å². The van der Waals surface area contributed by atoms with Gasteiger partial charge in [0.25, 0.3) is 5.91 Å². The van der Waals surface area contributed by atoms with Gasteiger partial charge in [-0.1, -0.05) is 59.3 Å². The van der Waals surface area contributed by atoms with Crippen LogP contribution in [0.25, 0.3) is 6.08 Å². The minimum absolute atomic E-state index is 0.0572. The molecule has 0 aliphatic carbocycles. The van der Waals surface area contributed by atoms with Crippen LogP contribution in [0.4, 0.5) is 10.1 Å². The lowest BCUT2D eigenvalue weighted by Gasteiger charge is -2.14. The molecule has 2 aromatic rings. The van der Waals surface area contributed by atoms with Crippen LogP contribution in [0.3, 0.4) is 0 Å². The molecule has 1 fully saturated rings. The Bertz CT molecular complexity index is 836. The number of anilines is 1. The largest absolute Gasteiger partial charge is 0.270 e. The summed E-state index contributed by atoms with van der Waals surface area (Å²) < 4.78 is 13.7. The fourth-order valence-electron chi connectivity index (χ4n) is 2.02. The average Bonchev–Trinajstić information content (AvgIpc) is 2.79. The quantitative estimate of drug-likeness (QED) is 0.501. The summed E-state index contributed by atoms with van der Waals surface area (Å²) in [6.07, 6.45) is 1.74. The van der Waals surface area contributed by atoms with E-state index in [0.717, 1.165) is 5.56 Å². The molecule has 23 heavy (non-hydrogen) atoms. The summed E-state index contributed by atoms with van der Waals surface area (Å²) >= 11 is 18.1. The number of rotatable bonds is 2. The third-order valence-electron chi connectivity index (χ3n) is 3.12. The normalized spacial score (nSPS) is 16.5. The second kappa shape index (κ2) is 6.61. The van der Waals surface area contributed by atoms with Gasteiger partial charge in [-0.05, 0) is 42.0 Å². The smallest absolute Gasteiger partial charge is 0.268 e. The molecule has 2 aromatic carbocycles. The molecule has 0 unspecified atom stereocenters. The summed E-state index contributed by atoms with van der Waals surface area (Å²) in [6.45, 7) is 0. The maximum Gasteiger partial charge on any atom is 0.270 e. The number of hydrogen-bond donors (Lipinski definition) is 0. The molecule has 0 bridgehead atoms. The van der Waals surface area contributed by atoms with Crippen LogP contribution in [-0.2, 0) is 4.79 Å². The number of benzene rings is 2. The zero-order valence-corrected chi connectivity index (χ0v) is 14.6. The summed E-state index contributed by atoms with van der Waals surface area (Å²) in [5, 5.41) is 0.564. The van der Waals surface area contributed by atoms with Crippen LogP contribution in [0.15, 0.2) is 47.4 Å². The highest BCUT2D eigenvalue weighted by molar-refractivity contribution is 8.27. The third kappa shape index (κ3) is 3.43. The van der Waals surface area contributed by atoms with Gasteiger partial charge in [-0.25, -0.2) is 4.39 Å². The van der Waals surface area contributed by atoms with Gasteiger partial charge in [-0.2, -0.15) is 0 Å². The molecule has 3 rings (SSSR count). The molecule has 116 valence electrons. The predicted molar refractivity (Wildman–Crippen MR) is 98.5 cm³/mol. The van der Waals surface area contributed by atoms with Gasteiger partial charge in [0.1, 0.15) is 5.82 Å². The van der Waals surface area contributed by atoms with Crippen molar-refractivity contribution in [3.05, 3.63) is 68.8 Å². The molecule has 0 N–H and O–H groups in total. The average molecular weight is 384 g/mol. The van der Waals surface area contributed by atoms with E-state index in [0.29, 0.717) is 19.9 Å². The van der Waals surface area contributed by atoms with Crippen molar-refractivity contribution in [1.82, 2.24) is 0 Å². The van der Waals surface area contributed by atoms with Crippen LogP contribution in [0.5, 0.6) is 0 Å². The number of carbonyl (C=O) groups excluding carboxylic acids is 1. The highest BCUT2D eigenvalue weighted by Crippen LogP contribution is 2.37. The molecule has 2 nitrogen and oxygen atoms in total. The van der Waals surface area contributed by atoms with Crippen molar-refractivity contribution in [2.45, 2.75) is 0 Å². The first-order chi connectivity index (χ1) is 11.0. The van der Waals surface area contributed by atoms with E-state index in [1.165, 1.54) is 34.9 Å². The van der Waals surface area contributed by atoms with Gasteiger partial charge >= 0.3 is 0 Å². The van der Waals surface area contributed by atoms with Gasteiger partial charge in [-0.3, -0.25) is 9.69 Å². The molecular formula is C16H8Cl2FNOS2. The highest BCUT2D eigenvalue weighted by atomic mass is 35.5. The van der Waals surface area contributed by atoms with Gasteiger partial charge in [0.15, 0.2) is 4.32 Å². The van der Waals surface area contributed by atoms with Crippen molar-refractivity contribution in [3.8, 4) is 0 Å². The summed E-state index contributed by atoms with van der Waals surface area (Å²) in [6, 6.07) is 11.2. The lowest BCUT2D eigenvalue weighted by molar-refractivity contribution is -0.113. The molecule has 0 spiro atoms. The number of thiocarbonyl (C=S) groups is 1. The Labute approximate surface area is 151 Å². The standard InChI is InChI=1S/C16H8Cl2FNOS2/c17-10-3-1-9(2-4-10)7-14-15(21)20(16(22)23-14)11-5-6-13(19)12(18)8-11/h1-8H/b14-7+.